The zero-order valence-corrected chi connectivity index (χ0v) is 107. The third kappa shape index (κ3) is 52.6. The molecule has 0 aromatic heterocycles. The predicted octanol–water partition coefficient (Wildman–Crippen LogP) is 30.2. The summed E-state index contributed by atoms with van der Waals surface area (Å²) in [7, 11) is 0. The Bertz CT molecular complexity index is 4900. The summed E-state index contributed by atoms with van der Waals surface area (Å²) in [6.45, 7) is 40.0. The van der Waals surface area contributed by atoms with Crippen LogP contribution < -0.4 is 18.9 Å². The molecule has 10 rings (SSSR count). The quantitative estimate of drug-likeness (QED) is 0.0136. The van der Waals surface area contributed by atoms with Crippen molar-refractivity contribution in [1.29, 1.82) is 0 Å². The van der Waals surface area contributed by atoms with E-state index in [4.69, 9.17) is 24.1 Å². The first-order valence-electron chi connectivity index (χ1n) is 41.8. The summed E-state index contributed by atoms with van der Waals surface area (Å²) >= 11 is 19.0. The van der Waals surface area contributed by atoms with E-state index in [2.05, 4.69) is 165 Å². The van der Waals surface area contributed by atoms with Gasteiger partial charge in [0.05, 0.1) is 4.32 Å². The summed E-state index contributed by atoms with van der Waals surface area (Å²) in [5.41, 5.74) is 5.72. The van der Waals surface area contributed by atoms with Crippen LogP contribution in [0.15, 0.2) is 273 Å². The summed E-state index contributed by atoms with van der Waals surface area (Å²) in [5, 5.41) is 31.7. The van der Waals surface area contributed by atoms with Gasteiger partial charge in [0.2, 0.25) is 4.69 Å². The van der Waals surface area contributed by atoms with Gasteiger partial charge in [0.25, 0.3) is 0 Å². The number of phenols is 1. The smallest absolute Gasteiger partial charge is 0.327 e. The number of aliphatic hydroxyl groups is 2. The fourth-order valence-corrected chi connectivity index (χ4v) is 13.2. The van der Waals surface area contributed by atoms with E-state index in [1.165, 1.54) is 25.0 Å². The van der Waals surface area contributed by atoms with Gasteiger partial charge < -0.3 is 34.3 Å². The van der Waals surface area contributed by atoms with Crippen molar-refractivity contribution in [2.45, 2.75) is 198 Å². The number of benzene rings is 10. The number of aliphatic hydroxyl groups excluding tert-OH is 1. The number of aromatic hydroxyl groups is 1. The summed E-state index contributed by atoms with van der Waals surface area (Å²) in [5.74, 6) is 4.08. The van der Waals surface area contributed by atoms with Crippen LogP contribution in [0.3, 0.4) is 0 Å². The van der Waals surface area contributed by atoms with Gasteiger partial charge in [-0.25, -0.2) is 0 Å². The molecule has 0 saturated heterocycles. The number of hydrogen-bond donors (Lipinski definition) is 3. The molecular weight excluding hydrogens is 2890 g/mol. The van der Waals surface area contributed by atoms with Crippen LogP contribution in [0.1, 0.15) is 241 Å². The largest absolute Gasteiger partial charge is 0.508 e. The molecule has 10 aromatic carbocycles. The number of carbonyl (C=O) groups excluding carboxylic acids is 8. The van der Waals surface area contributed by atoms with E-state index < -0.39 is 33.3 Å². The van der Waals surface area contributed by atoms with Crippen LogP contribution in [0.25, 0.3) is 0 Å². The Morgan fingerprint density at radius 1 is 0.319 bits per heavy atom. The molecule has 0 saturated carbocycles. The molecule has 29 heteroatoms. The monoisotopic (exact) mass is 3010 g/mol. The van der Waals surface area contributed by atoms with Crippen molar-refractivity contribution in [3.05, 3.63) is 329 Å². The summed E-state index contributed by atoms with van der Waals surface area (Å²) in [6, 6.07) is 80.0. The van der Waals surface area contributed by atoms with Crippen molar-refractivity contribution >= 4 is 209 Å². The molecule has 3 N–H and O–H groups in total. The van der Waals surface area contributed by atoms with Crippen molar-refractivity contribution in [1.82, 2.24) is 0 Å². The molecule has 15 nitrogen and oxygen atoms in total. The zero-order chi connectivity index (χ0) is 94.7. The first-order chi connectivity index (χ1) is 58.7. The second-order valence-corrected chi connectivity index (χ2v) is 45.3. The number of halogens is 10. The van der Waals surface area contributed by atoms with Gasteiger partial charge in [-0.15, -0.1) is 67.9 Å². The Balaban J connectivity index is -0.000000367. The number of ether oxygens (including phenoxy) is 4. The Morgan fingerprint density at radius 3 is 0.778 bits per heavy atom. The normalized spacial score (nSPS) is 11.7. The predicted molar refractivity (Wildman–Crippen MR) is 578 cm³/mol. The molecule has 0 bridgehead atoms. The van der Waals surface area contributed by atoms with Crippen LogP contribution in [0.4, 0.5) is 0 Å². The van der Waals surface area contributed by atoms with E-state index in [-0.39, 0.29) is 238 Å². The number of rotatable bonds is 28. The number of esters is 4. The molecule has 10 aromatic rings. The molecule has 135 heavy (non-hydrogen) atoms. The second kappa shape index (κ2) is 69.5. The van der Waals surface area contributed by atoms with E-state index in [9.17, 15) is 48.6 Å². The first kappa shape index (κ1) is 142. The maximum atomic E-state index is 12.4. The molecule has 0 amide bonds. The van der Waals surface area contributed by atoms with E-state index in [0.717, 1.165) is 46.4 Å². The molecular formula is C106H130Br10O15U2V2. The maximum Gasteiger partial charge on any atom is 0.327 e. The van der Waals surface area contributed by atoms with Gasteiger partial charge in [0, 0.05) is 139 Å². The molecule has 732 valence electrons. The van der Waals surface area contributed by atoms with Gasteiger partial charge >= 0.3 is 23.9 Å². The molecule has 0 heterocycles. The molecule has 4 unspecified atom stereocenters. The van der Waals surface area contributed by atoms with Crippen molar-refractivity contribution < 1.29 is 172 Å². The SMILES string of the molecule is Br.Br.Br.Br.C.CC(C)(Br)C(=O)Br.CC(C)(Br)C(=O)Oc1ccc(C(=O)c2ccccc2)cc1.CC(C)(Br)C(=O)Oc1ccc(C(=O)c2ccccc2)cc1.CC(C)(Br)C(=O)Oc1ccc(C(O)c2ccccc2)cc1.CC(C)CC(C)C(C(C)C)C(O)(c1ccccc1)c1ccc(OC(=O)C(C)(C)Br)cc1.CC(C)CC(C)CC(C)C.O=C(c1ccccc1)c1ccc(O)cc1.[U].[U].[V].[V]. The number of phenolic OH excluding ortho intramolecular Hbond substituents is 1. The Hall–Kier alpha value is -3.45. The van der Waals surface area contributed by atoms with Crippen molar-refractivity contribution in [2.75, 3.05) is 0 Å². The summed E-state index contributed by atoms with van der Waals surface area (Å²) in [6.07, 6.45) is 3.12. The fraction of sp³-hybridized carbons (Fsp3) is 0.358. The van der Waals surface area contributed by atoms with Gasteiger partial charge in [0.1, 0.15) is 57.7 Å². The first-order valence-corrected chi connectivity index (χ1v) is 46.5. The van der Waals surface area contributed by atoms with Crippen LogP contribution in [-0.4, -0.2) is 82.9 Å². The number of ketones is 3. The Kier molecular flexibility index (Phi) is 73.2. The fourth-order valence-electron chi connectivity index (χ4n) is 12.9. The van der Waals surface area contributed by atoms with Gasteiger partial charge in [0.15, 0.2) is 17.3 Å². The molecule has 0 aliphatic heterocycles. The van der Waals surface area contributed by atoms with E-state index in [1.54, 1.807) is 203 Å². The minimum absolute atomic E-state index is 0. The molecule has 0 aliphatic rings. The third-order valence-electron chi connectivity index (χ3n) is 18.9. The van der Waals surface area contributed by atoms with Crippen molar-refractivity contribution in [2.24, 2.45) is 41.4 Å². The van der Waals surface area contributed by atoms with Crippen LogP contribution in [0.2, 0.25) is 0 Å². The molecule has 2 radical (unpaired) electrons. The van der Waals surface area contributed by atoms with Gasteiger partial charge in [-0.2, -0.15) is 0 Å². The zero-order valence-electron chi connectivity index (χ0n) is 79.3. The average molecular weight is 3020 g/mol. The van der Waals surface area contributed by atoms with E-state index in [0.29, 0.717) is 68.2 Å². The van der Waals surface area contributed by atoms with Crippen molar-refractivity contribution in [3.8, 4) is 28.7 Å². The van der Waals surface area contributed by atoms with Crippen LogP contribution in [0, 0.1) is 104 Å². The minimum Gasteiger partial charge on any atom is -0.508 e. The average Bonchev–Trinajstić information content (AvgIpc) is 0.754. The van der Waals surface area contributed by atoms with Gasteiger partial charge in [-0.1, -0.05) is 332 Å². The van der Waals surface area contributed by atoms with Gasteiger partial charge in [-0.3, -0.25) is 38.4 Å². The number of carbonyl (C=O) groups is 8. The topological polar surface area (TPSA) is 234 Å². The standard InChI is InChI=1S/C27H37BrO3.C17H17BrO3.2C17H15BrO3.C13H10O2.C10H22.C4H6Br2O.CH4.4BrH.2U.2V/c1-18(2)17-20(5)24(19(3)4)27(30,21-11-9-8-10-12-21)22-13-15-23(16-14-22)31-25(29)26(6,7)28;3*1-17(2,18)16(20)21-14-10-8-13(9-11-14)15(19)12-6-4-3-5-7-12;14-12-8-6-11(7-9-12)13(15)10-4-2-1-3-5-10;1-8(2)6-10(5)7-9(3)4;1-4(2,6)3(5)7;;;;;;;;;/h8-16,18-20,24,30H,17H2,1-7H3;3-11,15,19H,1-2H3;2*3-11H,1-2H3;1-9,14H;8-10H,6-7H2,1-5H3;1-2H3;1H4;4*1H;;;;. The Morgan fingerprint density at radius 2 is 0.533 bits per heavy atom. The minimum atomic E-state index is -1.15. The Labute approximate surface area is 966 Å². The molecule has 0 fully saturated rings. The van der Waals surface area contributed by atoms with Crippen LogP contribution in [-0.2, 0) is 66.7 Å². The summed E-state index contributed by atoms with van der Waals surface area (Å²) in [4.78, 5) is 94.1. The number of alkyl halides is 5. The van der Waals surface area contributed by atoms with Crippen molar-refractivity contribution in [3.63, 3.8) is 0 Å². The van der Waals surface area contributed by atoms with E-state index >= 15 is 0 Å². The van der Waals surface area contributed by atoms with Gasteiger partial charge in [-0.05, 0) is 259 Å². The number of hydrogen-bond acceptors (Lipinski definition) is 15. The van der Waals surface area contributed by atoms with E-state index in [1.807, 2.05) is 127 Å². The maximum absolute atomic E-state index is 12.4. The summed E-state index contributed by atoms with van der Waals surface area (Å²) < 4.78 is 17.8. The van der Waals surface area contributed by atoms with Crippen LogP contribution in [0.5, 0.6) is 28.7 Å². The third-order valence-corrected chi connectivity index (χ3v) is 22.1. The molecule has 0 spiro atoms. The molecule has 4 atom stereocenters. The molecule has 0 aliphatic carbocycles. The van der Waals surface area contributed by atoms with Crippen LogP contribution >= 0.6 is 164 Å². The second-order valence-electron chi connectivity index (χ2n) is 34.7.